The van der Waals surface area contributed by atoms with Crippen LogP contribution in [0.15, 0.2) is 35.4 Å². The average molecular weight is 189 g/mol. The molecule has 0 spiro atoms. The van der Waals surface area contributed by atoms with Crippen LogP contribution in [-0.2, 0) is 0 Å². The van der Waals surface area contributed by atoms with Crippen molar-refractivity contribution in [3.63, 3.8) is 0 Å². The fraction of sp³-hybridized carbons (Fsp3) is 0. The maximum absolute atomic E-state index is 5.23. The first kappa shape index (κ1) is 8.37. The molecule has 0 radical (unpaired) electrons. The van der Waals surface area contributed by atoms with Crippen molar-refractivity contribution in [3.05, 3.63) is 35.9 Å². The van der Waals surface area contributed by atoms with Gasteiger partial charge < -0.3 is 0 Å². The quantitative estimate of drug-likeness (QED) is 0.396. The molecule has 0 atom stereocenters. The third-order valence-electron chi connectivity index (χ3n) is 1.09. The van der Waals surface area contributed by atoms with Gasteiger partial charge in [-0.1, -0.05) is 30.3 Å². The Morgan fingerprint density at radius 3 is 2.36 bits per heavy atom. The van der Waals surface area contributed by atoms with Crippen molar-refractivity contribution in [2.24, 2.45) is 5.10 Å². The predicted molar refractivity (Wildman–Crippen MR) is 47.6 cm³/mol. The van der Waals surface area contributed by atoms with E-state index in [-0.39, 0.29) is 0 Å². The van der Waals surface area contributed by atoms with Crippen LogP contribution in [0.25, 0.3) is 0 Å². The SMILES string of the molecule is ClN(Cl)N=Cc1ccccc1. The van der Waals surface area contributed by atoms with Gasteiger partial charge in [-0.3, -0.25) is 0 Å². The van der Waals surface area contributed by atoms with Crippen molar-refractivity contribution in [2.75, 3.05) is 0 Å². The summed E-state index contributed by atoms with van der Waals surface area (Å²) in [7, 11) is 0. The van der Waals surface area contributed by atoms with Crippen molar-refractivity contribution in [1.82, 2.24) is 4.05 Å². The van der Waals surface area contributed by atoms with Gasteiger partial charge in [-0.05, 0) is 5.56 Å². The van der Waals surface area contributed by atoms with Crippen LogP contribution in [0.1, 0.15) is 5.56 Å². The maximum atomic E-state index is 5.23. The molecule has 0 amide bonds. The van der Waals surface area contributed by atoms with Crippen LogP contribution in [0.2, 0.25) is 0 Å². The maximum Gasteiger partial charge on any atom is 0.0572 e. The van der Waals surface area contributed by atoms with Gasteiger partial charge >= 0.3 is 0 Å². The van der Waals surface area contributed by atoms with E-state index in [0.717, 1.165) is 5.56 Å². The van der Waals surface area contributed by atoms with Gasteiger partial charge in [0.2, 0.25) is 0 Å². The monoisotopic (exact) mass is 188 g/mol. The number of rotatable bonds is 2. The molecule has 4 heteroatoms. The Bertz CT molecular complexity index is 233. The molecule has 0 N–H and O–H groups in total. The molecule has 0 aliphatic carbocycles. The molecule has 0 saturated heterocycles. The van der Waals surface area contributed by atoms with E-state index in [1.807, 2.05) is 30.3 Å². The van der Waals surface area contributed by atoms with Crippen molar-refractivity contribution >= 4 is 29.8 Å². The summed E-state index contributed by atoms with van der Waals surface area (Å²) < 4.78 is 0.715. The Balaban J connectivity index is 2.65. The van der Waals surface area contributed by atoms with Gasteiger partial charge in [-0.15, -0.1) is 4.05 Å². The summed E-state index contributed by atoms with van der Waals surface area (Å²) in [4.78, 5) is 0. The second-order valence-corrected chi connectivity index (χ2v) is 2.68. The molecule has 2 nitrogen and oxygen atoms in total. The summed E-state index contributed by atoms with van der Waals surface area (Å²) >= 11 is 10.5. The summed E-state index contributed by atoms with van der Waals surface area (Å²) in [5.74, 6) is 0. The molecule has 0 aliphatic heterocycles. The van der Waals surface area contributed by atoms with Gasteiger partial charge in [0.05, 0.1) is 29.8 Å². The molecular formula is C7H6Cl2N2. The zero-order valence-electron chi connectivity index (χ0n) is 5.61. The first-order valence-electron chi connectivity index (χ1n) is 3.00. The van der Waals surface area contributed by atoms with Crippen LogP contribution >= 0.6 is 23.6 Å². The molecule has 0 heterocycles. The summed E-state index contributed by atoms with van der Waals surface area (Å²) in [5, 5.41) is 3.63. The second-order valence-electron chi connectivity index (χ2n) is 1.87. The Morgan fingerprint density at radius 1 is 1.18 bits per heavy atom. The minimum absolute atomic E-state index is 0.715. The lowest BCUT2D eigenvalue weighted by molar-refractivity contribution is 0.784. The lowest BCUT2D eigenvalue weighted by Crippen LogP contribution is -1.86. The highest BCUT2D eigenvalue weighted by Gasteiger charge is 1.85. The minimum Gasteiger partial charge on any atom is -0.153 e. The summed E-state index contributed by atoms with van der Waals surface area (Å²) in [6.07, 6.45) is 1.57. The van der Waals surface area contributed by atoms with Gasteiger partial charge in [0.15, 0.2) is 0 Å². The smallest absolute Gasteiger partial charge is 0.0572 e. The highest BCUT2D eigenvalue weighted by Crippen LogP contribution is 2.00. The number of hydrogen-bond donors (Lipinski definition) is 0. The van der Waals surface area contributed by atoms with E-state index >= 15 is 0 Å². The van der Waals surface area contributed by atoms with Gasteiger partial charge in [0.25, 0.3) is 0 Å². The topological polar surface area (TPSA) is 15.6 Å². The standard InChI is InChI=1S/C7H6Cl2N2/c8-11(9)10-6-7-4-2-1-3-5-7/h1-6H. The average Bonchev–Trinajstić information content (AvgIpc) is 2.03. The Kier molecular flexibility index (Phi) is 3.20. The van der Waals surface area contributed by atoms with Crippen LogP contribution in [-0.4, -0.2) is 10.3 Å². The molecule has 1 rings (SSSR count). The van der Waals surface area contributed by atoms with Gasteiger partial charge in [0.1, 0.15) is 0 Å². The summed E-state index contributed by atoms with van der Waals surface area (Å²) in [6.45, 7) is 0. The highest BCUT2D eigenvalue weighted by atomic mass is 35.5. The molecule has 0 bridgehead atoms. The zero-order valence-corrected chi connectivity index (χ0v) is 7.13. The Hall–Kier alpha value is -0.730. The van der Waals surface area contributed by atoms with E-state index in [9.17, 15) is 0 Å². The van der Waals surface area contributed by atoms with E-state index in [0.29, 0.717) is 4.05 Å². The van der Waals surface area contributed by atoms with Crippen LogP contribution in [0.3, 0.4) is 0 Å². The highest BCUT2D eigenvalue weighted by molar-refractivity contribution is 6.33. The normalized spacial score (nSPS) is 10.4. The number of hydrogen-bond acceptors (Lipinski definition) is 2. The molecule has 0 aliphatic rings. The first-order chi connectivity index (χ1) is 5.29. The summed E-state index contributed by atoms with van der Waals surface area (Å²) in [6, 6.07) is 9.56. The van der Waals surface area contributed by atoms with E-state index in [1.165, 1.54) is 0 Å². The van der Waals surface area contributed by atoms with Gasteiger partial charge in [0, 0.05) is 0 Å². The van der Waals surface area contributed by atoms with Crippen molar-refractivity contribution in [3.8, 4) is 0 Å². The molecule has 0 aromatic heterocycles. The van der Waals surface area contributed by atoms with E-state index in [2.05, 4.69) is 5.10 Å². The zero-order chi connectivity index (χ0) is 8.10. The van der Waals surface area contributed by atoms with Crippen LogP contribution in [0, 0.1) is 0 Å². The number of halogens is 2. The number of hydrazone groups is 1. The largest absolute Gasteiger partial charge is 0.153 e. The van der Waals surface area contributed by atoms with Crippen molar-refractivity contribution in [2.45, 2.75) is 0 Å². The van der Waals surface area contributed by atoms with Crippen molar-refractivity contribution < 1.29 is 0 Å². The summed E-state index contributed by atoms with van der Waals surface area (Å²) in [5.41, 5.74) is 0.957. The first-order valence-corrected chi connectivity index (χ1v) is 3.67. The molecule has 11 heavy (non-hydrogen) atoms. The molecular weight excluding hydrogens is 183 g/mol. The lowest BCUT2D eigenvalue weighted by atomic mass is 10.2. The molecule has 1 aromatic rings. The van der Waals surface area contributed by atoms with E-state index in [4.69, 9.17) is 23.6 Å². The number of benzene rings is 1. The minimum atomic E-state index is 0.715. The molecule has 0 fully saturated rings. The predicted octanol–water partition coefficient (Wildman–Crippen LogP) is 2.63. The third kappa shape index (κ3) is 3.25. The molecule has 0 unspecified atom stereocenters. The van der Waals surface area contributed by atoms with Gasteiger partial charge in [-0.2, -0.15) is 5.10 Å². The third-order valence-corrected chi connectivity index (χ3v) is 1.27. The second kappa shape index (κ2) is 4.21. The fourth-order valence-corrected chi connectivity index (χ4v) is 0.737. The van der Waals surface area contributed by atoms with Crippen molar-refractivity contribution in [1.29, 1.82) is 0 Å². The molecule has 58 valence electrons. The number of nitrogens with zero attached hydrogens (tertiary/aromatic N) is 2. The molecule has 1 aromatic carbocycles. The van der Waals surface area contributed by atoms with E-state index < -0.39 is 0 Å². The van der Waals surface area contributed by atoms with Crippen LogP contribution in [0.4, 0.5) is 0 Å². The lowest BCUT2D eigenvalue weighted by Gasteiger charge is -1.93. The van der Waals surface area contributed by atoms with Crippen LogP contribution in [0.5, 0.6) is 0 Å². The van der Waals surface area contributed by atoms with Gasteiger partial charge in [-0.25, -0.2) is 0 Å². The Morgan fingerprint density at radius 2 is 1.82 bits per heavy atom. The molecule has 0 saturated carbocycles. The fourth-order valence-electron chi connectivity index (χ4n) is 0.649. The van der Waals surface area contributed by atoms with Crippen LogP contribution < -0.4 is 0 Å². The van der Waals surface area contributed by atoms with E-state index in [1.54, 1.807) is 6.21 Å². The Labute approximate surface area is 75.3 Å².